The molecule has 0 radical (unpaired) electrons. The van der Waals surface area contributed by atoms with Crippen LogP contribution in [0.1, 0.15) is 32.8 Å². The lowest BCUT2D eigenvalue weighted by Gasteiger charge is -2.33. The molecule has 100 valence electrons. The maximum Gasteiger partial charge on any atom is 0.330 e. The molecule has 0 aliphatic heterocycles. The van der Waals surface area contributed by atoms with Crippen LogP contribution in [-0.2, 0) is 15.1 Å². The molecule has 0 aliphatic carbocycles. The number of nitrogens with one attached hydrogen (secondary N) is 1. The van der Waals surface area contributed by atoms with Crippen LogP contribution in [0.25, 0.3) is 0 Å². The highest BCUT2D eigenvalue weighted by molar-refractivity contribution is 5.82. The van der Waals surface area contributed by atoms with Gasteiger partial charge in [0.05, 0.1) is 7.11 Å². The van der Waals surface area contributed by atoms with Crippen LogP contribution >= 0.6 is 0 Å². The molecule has 1 unspecified atom stereocenters. The number of carbonyl (C=O) groups excluding carboxylic acids is 1. The summed E-state index contributed by atoms with van der Waals surface area (Å²) in [5.74, 6) is -0.677. The Bertz CT molecular complexity index is 403. The van der Waals surface area contributed by atoms with E-state index in [0.29, 0.717) is 12.0 Å². The van der Waals surface area contributed by atoms with E-state index in [9.17, 15) is 9.18 Å². The van der Waals surface area contributed by atoms with E-state index in [-0.39, 0.29) is 17.8 Å². The van der Waals surface area contributed by atoms with Crippen molar-refractivity contribution in [3.63, 3.8) is 0 Å². The first kappa shape index (κ1) is 14.6. The summed E-state index contributed by atoms with van der Waals surface area (Å²) in [7, 11) is 1.36. The standard InChI is InChI=1S/C14H20FNO2/c1-5-14(13(17)18-4,16-10(2)3)11-6-8-12(15)9-7-11/h6-10,16H,5H2,1-4H3. The highest BCUT2D eigenvalue weighted by Gasteiger charge is 2.40. The minimum absolute atomic E-state index is 0.106. The molecule has 1 atom stereocenters. The Hall–Kier alpha value is -1.42. The van der Waals surface area contributed by atoms with Crippen molar-refractivity contribution in [1.82, 2.24) is 5.32 Å². The van der Waals surface area contributed by atoms with Crippen molar-refractivity contribution in [3.8, 4) is 0 Å². The van der Waals surface area contributed by atoms with Crippen molar-refractivity contribution >= 4 is 5.97 Å². The van der Waals surface area contributed by atoms with Crippen LogP contribution in [0, 0.1) is 5.82 Å². The number of benzene rings is 1. The monoisotopic (exact) mass is 253 g/mol. The molecule has 0 bridgehead atoms. The molecule has 0 saturated carbocycles. The fourth-order valence-corrected chi connectivity index (χ4v) is 2.11. The molecule has 0 spiro atoms. The van der Waals surface area contributed by atoms with Gasteiger partial charge in [-0.25, -0.2) is 9.18 Å². The molecule has 3 nitrogen and oxygen atoms in total. The summed E-state index contributed by atoms with van der Waals surface area (Å²) in [5, 5.41) is 3.23. The number of carbonyl (C=O) groups is 1. The third kappa shape index (κ3) is 2.88. The fraction of sp³-hybridized carbons (Fsp3) is 0.500. The third-order valence-electron chi connectivity index (χ3n) is 2.94. The van der Waals surface area contributed by atoms with Crippen LogP contribution in [0.4, 0.5) is 4.39 Å². The minimum atomic E-state index is -0.920. The van der Waals surface area contributed by atoms with Crippen LogP contribution in [0.5, 0.6) is 0 Å². The SMILES string of the molecule is CCC(NC(C)C)(C(=O)OC)c1ccc(F)cc1. The molecule has 1 aromatic rings. The largest absolute Gasteiger partial charge is 0.467 e. The van der Waals surface area contributed by atoms with Crippen molar-refractivity contribution in [2.24, 2.45) is 0 Å². The second-order valence-electron chi connectivity index (χ2n) is 4.56. The van der Waals surface area contributed by atoms with Gasteiger partial charge in [-0.1, -0.05) is 19.1 Å². The van der Waals surface area contributed by atoms with Gasteiger partial charge in [0, 0.05) is 6.04 Å². The number of ether oxygens (including phenoxy) is 1. The Morgan fingerprint density at radius 1 is 1.39 bits per heavy atom. The maximum absolute atomic E-state index is 13.0. The van der Waals surface area contributed by atoms with Crippen molar-refractivity contribution in [2.45, 2.75) is 38.8 Å². The number of hydrogen-bond donors (Lipinski definition) is 1. The molecule has 0 aliphatic rings. The Labute approximate surface area is 107 Å². The smallest absolute Gasteiger partial charge is 0.330 e. The molecule has 4 heteroatoms. The lowest BCUT2D eigenvalue weighted by molar-refractivity contribution is -0.149. The van der Waals surface area contributed by atoms with Crippen LogP contribution in [0.3, 0.4) is 0 Å². The topological polar surface area (TPSA) is 38.3 Å². The predicted octanol–water partition coefficient (Wildman–Crippen LogP) is 2.60. The second-order valence-corrected chi connectivity index (χ2v) is 4.56. The third-order valence-corrected chi connectivity index (χ3v) is 2.94. The molecule has 18 heavy (non-hydrogen) atoms. The molecule has 1 rings (SSSR count). The van der Waals surface area contributed by atoms with Gasteiger partial charge in [0.25, 0.3) is 0 Å². The predicted molar refractivity (Wildman–Crippen MR) is 68.7 cm³/mol. The zero-order valence-corrected chi connectivity index (χ0v) is 11.3. The molecule has 0 heterocycles. The van der Waals surface area contributed by atoms with E-state index in [2.05, 4.69) is 5.32 Å². The average molecular weight is 253 g/mol. The number of hydrogen-bond acceptors (Lipinski definition) is 3. The Morgan fingerprint density at radius 3 is 2.33 bits per heavy atom. The van der Waals surface area contributed by atoms with E-state index in [1.54, 1.807) is 12.1 Å². The Kier molecular flexibility index (Phi) is 4.84. The van der Waals surface area contributed by atoms with Crippen LogP contribution in [-0.4, -0.2) is 19.1 Å². The Morgan fingerprint density at radius 2 is 1.94 bits per heavy atom. The first-order valence-electron chi connectivity index (χ1n) is 6.08. The van der Waals surface area contributed by atoms with Crippen molar-refractivity contribution < 1.29 is 13.9 Å². The molecular formula is C14H20FNO2. The number of halogens is 1. The molecular weight excluding hydrogens is 233 g/mol. The quantitative estimate of drug-likeness (QED) is 0.820. The lowest BCUT2D eigenvalue weighted by Crippen LogP contribution is -2.52. The molecule has 0 amide bonds. The van der Waals surface area contributed by atoms with Crippen LogP contribution in [0.2, 0.25) is 0 Å². The Balaban J connectivity index is 3.24. The van der Waals surface area contributed by atoms with E-state index in [4.69, 9.17) is 4.74 Å². The average Bonchev–Trinajstić information content (AvgIpc) is 2.35. The van der Waals surface area contributed by atoms with Crippen molar-refractivity contribution in [2.75, 3.05) is 7.11 Å². The molecule has 0 aromatic heterocycles. The molecule has 1 aromatic carbocycles. The second kappa shape index (κ2) is 5.96. The summed E-state index contributed by atoms with van der Waals surface area (Å²) in [6.45, 7) is 5.81. The zero-order valence-electron chi connectivity index (χ0n) is 11.3. The van der Waals surface area contributed by atoms with Gasteiger partial charge in [0.2, 0.25) is 0 Å². The van der Waals surface area contributed by atoms with Gasteiger partial charge < -0.3 is 4.74 Å². The van der Waals surface area contributed by atoms with Crippen molar-refractivity contribution in [3.05, 3.63) is 35.6 Å². The molecule has 0 fully saturated rings. The lowest BCUT2D eigenvalue weighted by atomic mass is 9.86. The first-order valence-corrected chi connectivity index (χ1v) is 6.08. The maximum atomic E-state index is 13.0. The van der Waals surface area contributed by atoms with Gasteiger partial charge in [-0.2, -0.15) is 0 Å². The molecule has 1 N–H and O–H groups in total. The van der Waals surface area contributed by atoms with E-state index in [1.807, 2.05) is 20.8 Å². The van der Waals surface area contributed by atoms with Gasteiger partial charge in [-0.05, 0) is 38.0 Å². The highest BCUT2D eigenvalue weighted by atomic mass is 19.1. The van der Waals surface area contributed by atoms with Crippen molar-refractivity contribution in [1.29, 1.82) is 0 Å². The highest BCUT2D eigenvalue weighted by Crippen LogP contribution is 2.27. The first-order chi connectivity index (χ1) is 8.46. The van der Waals surface area contributed by atoms with Crippen LogP contribution in [0.15, 0.2) is 24.3 Å². The summed E-state index contributed by atoms with van der Waals surface area (Å²) < 4.78 is 17.9. The van der Waals surface area contributed by atoms with Gasteiger partial charge in [0.15, 0.2) is 0 Å². The molecule has 0 saturated heterocycles. The van der Waals surface area contributed by atoms with E-state index >= 15 is 0 Å². The normalized spacial score (nSPS) is 14.3. The number of esters is 1. The summed E-state index contributed by atoms with van der Waals surface area (Å²) in [6.07, 6.45) is 0.531. The van der Waals surface area contributed by atoms with E-state index < -0.39 is 5.54 Å². The zero-order chi connectivity index (χ0) is 13.8. The number of rotatable bonds is 5. The van der Waals surface area contributed by atoms with Crippen LogP contribution < -0.4 is 5.32 Å². The minimum Gasteiger partial charge on any atom is -0.467 e. The van der Waals surface area contributed by atoms with E-state index in [0.717, 1.165) is 0 Å². The summed E-state index contributed by atoms with van der Waals surface area (Å²) in [5.41, 5.74) is -0.205. The summed E-state index contributed by atoms with van der Waals surface area (Å²) in [6, 6.07) is 6.04. The fourth-order valence-electron chi connectivity index (χ4n) is 2.11. The van der Waals surface area contributed by atoms with Gasteiger partial charge in [-0.15, -0.1) is 0 Å². The van der Waals surface area contributed by atoms with E-state index in [1.165, 1.54) is 19.2 Å². The summed E-state index contributed by atoms with van der Waals surface area (Å²) >= 11 is 0. The van der Waals surface area contributed by atoms with Gasteiger partial charge >= 0.3 is 5.97 Å². The van der Waals surface area contributed by atoms with Gasteiger partial charge in [-0.3, -0.25) is 5.32 Å². The number of methoxy groups -OCH3 is 1. The van der Waals surface area contributed by atoms with Gasteiger partial charge in [0.1, 0.15) is 11.4 Å². The summed E-state index contributed by atoms with van der Waals surface area (Å²) in [4.78, 5) is 12.1.